The summed E-state index contributed by atoms with van der Waals surface area (Å²) in [7, 11) is 0. The molecular formula is C10H14BrFN2. The van der Waals surface area contributed by atoms with Crippen LogP contribution in [-0.4, -0.2) is 5.54 Å². The lowest BCUT2D eigenvalue weighted by atomic mass is 10.1. The number of nitrogen functional groups attached to an aromatic ring is 1. The summed E-state index contributed by atoms with van der Waals surface area (Å²) in [6.07, 6.45) is 0. The molecule has 0 aliphatic heterocycles. The highest BCUT2D eigenvalue weighted by molar-refractivity contribution is 9.10. The fourth-order valence-corrected chi connectivity index (χ4v) is 1.42. The van der Waals surface area contributed by atoms with E-state index in [2.05, 4.69) is 21.2 Å². The largest absolute Gasteiger partial charge is 0.397 e. The van der Waals surface area contributed by atoms with Crippen molar-refractivity contribution in [2.45, 2.75) is 26.3 Å². The Bertz CT molecular complexity index is 345. The zero-order chi connectivity index (χ0) is 10.9. The normalized spacial score (nSPS) is 11.5. The van der Waals surface area contributed by atoms with Crippen molar-refractivity contribution in [3.8, 4) is 0 Å². The zero-order valence-electron chi connectivity index (χ0n) is 8.49. The van der Waals surface area contributed by atoms with E-state index in [0.29, 0.717) is 10.2 Å². The van der Waals surface area contributed by atoms with Crippen LogP contribution in [0.3, 0.4) is 0 Å². The second kappa shape index (κ2) is 3.77. The van der Waals surface area contributed by atoms with E-state index < -0.39 is 0 Å². The summed E-state index contributed by atoms with van der Waals surface area (Å²) in [5.74, 6) is -0.345. The lowest BCUT2D eigenvalue weighted by Crippen LogP contribution is -2.26. The molecule has 1 aromatic carbocycles. The second-order valence-corrected chi connectivity index (χ2v) is 5.08. The SMILES string of the molecule is CC(C)(C)Nc1cc(Br)c(F)cc1N. The van der Waals surface area contributed by atoms with Gasteiger partial charge in [0, 0.05) is 11.6 Å². The summed E-state index contributed by atoms with van der Waals surface area (Å²) in [6.45, 7) is 6.05. The van der Waals surface area contributed by atoms with Gasteiger partial charge in [-0.2, -0.15) is 0 Å². The standard InChI is InChI=1S/C10H14BrFN2/c1-10(2,3)14-9-4-6(11)7(12)5-8(9)13/h4-5,14H,13H2,1-3H3. The van der Waals surface area contributed by atoms with Gasteiger partial charge in [-0.25, -0.2) is 4.39 Å². The molecule has 0 unspecified atom stereocenters. The highest BCUT2D eigenvalue weighted by Crippen LogP contribution is 2.28. The first-order chi connectivity index (χ1) is 6.29. The minimum Gasteiger partial charge on any atom is -0.397 e. The van der Waals surface area contributed by atoms with Gasteiger partial charge in [0.2, 0.25) is 0 Å². The van der Waals surface area contributed by atoms with Crippen LogP contribution in [0.5, 0.6) is 0 Å². The van der Waals surface area contributed by atoms with Crippen LogP contribution in [0.1, 0.15) is 20.8 Å². The quantitative estimate of drug-likeness (QED) is 0.760. The van der Waals surface area contributed by atoms with Gasteiger partial charge in [-0.3, -0.25) is 0 Å². The third-order valence-corrected chi connectivity index (χ3v) is 2.21. The van der Waals surface area contributed by atoms with Gasteiger partial charge < -0.3 is 11.1 Å². The van der Waals surface area contributed by atoms with Crippen LogP contribution >= 0.6 is 15.9 Å². The van der Waals surface area contributed by atoms with E-state index in [4.69, 9.17) is 5.73 Å². The van der Waals surface area contributed by atoms with Crippen molar-refractivity contribution in [2.75, 3.05) is 11.1 Å². The van der Waals surface area contributed by atoms with E-state index in [0.717, 1.165) is 5.69 Å². The molecule has 3 N–H and O–H groups in total. The number of nitrogens with two attached hydrogens (primary N) is 1. The summed E-state index contributed by atoms with van der Waals surface area (Å²) < 4.78 is 13.5. The van der Waals surface area contributed by atoms with Gasteiger partial charge in [-0.05, 0) is 42.8 Å². The summed E-state index contributed by atoms with van der Waals surface area (Å²) in [5, 5.41) is 3.20. The molecule has 0 spiro atoms. The Morgan fingerprint density at radius 3 is 2.43 bits per heavy atom. The van der Waals surface area contributed by atoms with Gasteiger partial charge in [-0.15, -0.1) is 0 Å². The lowest BCUT2D eigenvalue weighted by Gasteiger charge is -2.23. The van der Waals surface area contributed by atoms with E-state index in [1.807, 2.05) is 20.8 Å². The summed E-state index contributed by atoms with van der Waals surface area (Å²) in [6, 6.07) is 2.95. The molecule has 0 saturated heterocycles. The molecule has 0 bridgehead atoms. The molecule has 0 saturated carbocycles. The highest BCUT2D eigenvalue weighted by atomic mass is 79.9. The van der Waals surface area contributed by atoms with Crippen molar-refractivity contribution in [3.63, 3.8) is 0 Å². The Morgan fingerprint density at radius 1 is 1.36 bits per heavy atom. The third kappa shape index (κ3) is 2.87. The van der Waals surface area contributed by atoms with E-state index >= 15 is 0 Å². The summed E-state index contributed by atoms with van der Waals surface area (Å²) in [4.78, 5) is 0. The number of anilines is 2. The molecule has 0 atom stereocenters. The predicted molar refractivity (Wildman–Crippen MR) is 61.9 cm³/mol. The van der Waals surface area contributed by atoms with Crippen molar-refractivity contribution in [2.24, 2.45) is 0 Å². The Balaban J connectivity index is 3.04. The van der Waals surface area contributed by atoms with Crippen molar-refractivity contribution in [1.29, 1.82) is 0 Å². The summed E-state index contributed by atoms with van der Waals surface area (Å²) in [5.41, 5.74) is 6.74. The maximum Gasteiger partial charge on any atom is 0.139 e. The first-order valence-corrected chi connectivity index (χ1v) is 5.11. The average molecular weight is 261 g/mol. The molecule has 78 valence electrons. The lowest BCUT2D eigenvalue weighted by molar-refractivity contribution is 0.618. The molecule has 14 heavy (non-hydrogen) atoms. The van der Waals surface area contributed by atoms with Crippen LogP contribution in [0.25, 0.3) is 0 Å². The van der Waals surface area contributed by atoms with E-state index in [1.54, 1.807) is 6.07 Å². The Kier molecular flexibility index (Phi) is 3.04. The monoisotopic (exact) mass is 260 g/mol. The van der Waals surface area contributed by atoms with E-state index in [9.17, 15) is 4.39 Å². The number of rotatable bonds is 1. The predicted octanol–water partition coefficient (Wildman–Crippen LogP) is 3.38. The molecule has 0 radical (unpaired) electrons. The van der Waals surface area contributed by atoms with Crippen LogP contribution in [0.15, 0.2) is 16.6 Å². The minimum atomic E-state index is -0.345. The third-order valence-electron chi connectivity index (χ3n) is 1.60. The zero-order valence-corrected chi connectivity index (χ0v) is 10.1. The van der Waals surface area contributed by atoms with Crippen LogP contribution < -0.4 is 11.1 Å². The van der Waals surface area contributed by atoms with Gasteiger partial charge in [0.05, 0.1) is 15.8 Å². The van der Waals surface area contributed by atoms with E-state index in [-0.39, 0.29) is 11.4 Å². The molecular weight excluding hydrogens is 247 g/mol. The summed E-state index contributed by atoms with van der Waals surface area (Å²) >= 11 is 3.12. The molecule has 4 heteroatoms. The van der Waals surface area contributed by atoms with Gasteiger partial charge in [-0.1, -0.05) is 0 Å². The smallest absolute Gasteiger partial charge is 0.139 e. The first-order valence-electron chi connectivity index (χ1n) is 4.32. The average Bonchev–Trinajstić information content (AvgIpc) is 1.97. The maximum absolute atomic E-state index is 13.0. The Hall–Kier alpha value is -0.770. The number of nitrogens with one attached hydrogen (secondary N) is 1. The van der Waals surface area contributed by atoms with Gasteiger partial charge in [0.25, 0.3) is 0 Å². The van der Waals surface area contributed by atoms with Crippen molar-refractivity contribution < 1.29 is 4.39 Å². The first kappa shape index (κ1) is 11.3. The fourth-order valence-electron chi connectivity index (χ4n) is 1.07. The van der Waals surface area contributed by atoms with Crippen molar-refractivity contribution in [3.05, 3.63) is 22.4 Å². The second-order valence-electron chi connectivity index (χ2n) is 4.23. The molecule has 0 amide bonds. The van der Waals surface area contributed by atoms with Crippen LogP contribution in [0, 0.1) is 5.82 Å². The molecule has 0 aliphatic rings. The van der Waals surface area contributed by atoms with Gasteiger partial charge >= 0.3 is 0 Å². The Morgan fingerprint density at radius 2 is 1.93 bits per heavy atom. The van der Waals surface area contributed by atoms with Crippen LogP contribution in [-0.2, 0) is 0 Å². The molecule has 2 nitrogen and oxygen atoms in total. The van der Waals surface area contributed by atoms with Crippen LogP contribution in [0.4, 0.5) is 15.8 Å². The number of hydrogen-bond donors (Lipinski definition) is 2. The maximum atomic E-state index is 13.0. The molecule has 0 fully saturated rings. The topological polar surface area (TPSA) is 38.0 Å². The molecule has 0 aromatic heterocycles. The molecule has 0 heterocycles. The minimum absolute atomic E-state index is 0.0919. The molecule has 1 rings (SSSR count). The van der Waals surface area contributed by atoms with Crippen LogP contribution in [0.2, 0.25) is 0 Å². The number of hydrogen-bond acceptors (Lipinski definition) is 2. The fraction of sp³-hybridized carbons (Fsp3) is 0.400. The number of benzene rings is 1. The van der Waals surface area contributed by atoms with Gasteiger partial charge in [0.15, 0.2) is 0 Å². The molecule has 0 aliphatic carbocycles. The van der Waals surface area contributed by atoms with Crippen molar-refractivity contribution >= 4 is 27.3 Å². The Labute approximate surface area is 91.8 Å². The van der Waals surface area contributed by atoms with Gasteiger partial charge in [0.1, 0.15) is 5.82 Å². The number of halogens is 2. The molecule has 1 aromatic rings. The van der Waals surface area contributed by atoms with E-state index in [1.165, 1.54) is 6.07 Å². The highest BCUT2D eigenvalue weighted by Gasteiger charge is 2.13. The van der Waals surface area contributed by atoms with Crippen molar-refractivity contribution in [1.82, 2.24) is 0 Å².